The van der Waals surface area contributed by atoms with E-state index in [1.165, 1.54) is 0 Å². The van der Waals surface area contributed by atoms with Crippen molar-refractivity contribution in [2.75, 3.05) is 13.1 Å². The summed E-state index contributed by atoms with van der Waals surface area (Å²) in [7, 11) is 0. The summed E-state index contributed by atoms with van der Waals surface area (Å²) in [6.45, 7) is 6.67. The fourth-order valence-corrected chi connectivity index (χ4v) is 4.53. The molecule has 3 heterocycles. The Kier molecular flexibility index (Phi) is 5.15. The Morgan fingerprint density at radius 3 is 2.48 bits per heavy atom. The van der Waals surface area contributed by atoms with Crippen LogP contribution in [0.1, 0.15) is 50.4 Å². The predicted molar refractivity (Wildman–Crippen MR) is 112 cm³/mol. The highest BCUT2D eigenvalue weighted by Crippen LogP contribution is 2.31. The number of piperidine rings is 1. The number of piperazine rings is 1. The van der Waals surface area contributed by atoms with Crippen LogP contribution >= 0.6 is 11.6 Å². The smallest absolute Gasteiger partial charge is 0.410 e. The lowest BCUT2D eigenvalue weighted by Gasteiger charge is -2.49. The van der Waals surface area contributed by atoms with E-state index in [-0.39, 0.29) is 24.1 Å². The number of rotatable bonds is 1. The third-order valence-electron chi connectivity index (χ3n) is 5.55. The maximum absolute atomic E-state index is 13.2. The molecule has 29 heavy (non-hydrogen) atoms. The first-order chi connectivity index (χ1) is 13.7. The van der Waals surface area contributed by atoms with E-state index in [0.29, 0.717) is 29.2 Å². The highest BCUT2D eigenvalue weighted by Gasteiger charge is 2.43. The molecular weight excluding hydrogens is 390 g/mol. The molecule has 2 unspecified atom stereocenters. The van der Waals surface area contributed by atoms with Gasteiger partial charge in [0.05, 0.1) is 22.6 Å². The largest absolute Gasteiger partial charge is 0.444 e. The van der Waals surface area contributed by atoms with Gasteiger partial charge in [-0.05, 0) is 58.2 Å². The molecule has 1 aromatic heterocycles. The Hall–Kier alpha value is -2.34. The fraction of sp³-hybridized carbons (Fsp3) is 0.500. The molecule has 2 aromatic rings. The Morgan fingerprint density at radius 1 is 1.14 bits per heavy atom. The van der Waals surface area contributed by atoms with Gasteiger partial charge in [-0.15, -0.1) is 0 Å². The predicted octanol–water partition coefficient (Wildman–Crippen LogP) is 4.50. The average Bonchev–Trinajstić information content (AvgIpc) is 2.65. The van der Waals surface area contributed by atoms with Crippen molar-refractivity contribution in [3.63, 3.8) is 0 Å². The van der Waals surface area contributed by atoms with Gasteiger partial charge in [0.1, 0.15) is 5.60 Å². The summed E-state index contributed by atoms with van der Waals surface area (Å²) in [5, 5.41) is 1.45. The minimum absolute atomic E-state index is 0.00525. The zero-order chi connectivity index (χ0) is 20.8. The topological polar surface area (TPSA) is 62.7 Å². The minimum atomic E-state index is -0.530. The molecule has 1 aromatic carbocycles. The number of aromatic nitrogens is 1. The van der Waals surface area contributed by atoms with Crippen molar-refractivity contribution in [1.82, 2.24) is 14.8 Å². The van der Waals surface area contributed by atoms with Gasteiger partial charge in [0, 0.05) is 30.2 Å². The molecule has 6 nitrogen and oxygen atoms in total. The second-order valence-corrected chi connectivity index (χ2v) is 9.27. The van der Waals surface area contributed by atoms with Gasteiger partial charge in [0.25, 0.3) is 5.91 Å². The van der Waals surface area contributed by atoms with Crippen LogP contribution in [-0.4, -0.2) is 57.6 Å². The molecule has 2 atom stereocenters. The summed E-state index contributed by atoms with van der Waals surface area (Å²) in [5.74, 6) is -0.0329. The van der Waals surface area contributed by atoms with E-state index in [2.05, 4.69) is 4.98 Å². The number of hydrogen-bond acceptors (Lipinski definition) is 4. The van der Waals surface area contributed by atoms with Gasteiger partial charge < -0.3 is 9.64 Å². The third kappa shape index (κ3) is 4.04. The lowest BCUT2D eigenvalue weighted by atomic mass is 9.91. The molecule has 0 spiro atoms. The summed E-state index contributed by atoms with van der Waals surface area (Å²) in [6, 6.07) is 7.16. The van der Waals surface area contributed by atoms with Crippen molar-refractivity contribution < 1.29 is 14.3 Å². The van der Waals surface area contributed by atoms with Crippen molar-refractivity contribution in [2.45, 2.75) is 57.7 Å². The van der Waals surface area contributed by atoms with Crippen LogP contribution in [0.4, 0.5) is 4.79 Å². The lowest BCUT2D eigenvalue weighted by Crippen LogP contribution is -2.64. The monoisotopic (exact) mass is 415 g/mol. The Morgan fingerprint density at radius 2 is 1.83 bits per heavy atom. The first kappa shape index (κ1) is 20.0. The number of fused-ring (bicyclic) bond motifs is 3. The molecule has 2 bridgehead atoms. The van der Waals surface area contributed by atoms with E-state index in [1.807, 2.05) is 36.6 Å². The summed E-state index contributed by atoms with van der Waals surface area (Å²) in [4.78, 5) is 34.0. The van der Waals surface area contributed by atoms with Gasteiger partial charge in [0.15, 0.2) is 0 Å². The molecule has 2 aliphatic heterocycles. The highest BCUT2D eigenvalue weighted by atomic mass is 35.5. The quantitative estimate of drug-likeness (QED) is 0.687. The van der Waals surface area contributed by atoms with Gasteiger partial charge in [-0.1, -0.05) is 17.7 Å². The first-order valence-corrected chi connectivity index (χ1v) is 10.5. The number of ether oxygens (including phenoxy) is 1. The van der Waals surface area contributed by atoms with Crippen LogP contribution in [0.3, 0.4) is 0 Å². The molecule has 2 fully saturated rings. The van der Waals surface area contributed by atoms with Crippen LogP contribution < -0.4 is 0 Å². The number of pyridine rings is 1. The summed E-state index contributed by atoms with van der Waals surface area (Å²) < 4.78 is 5.62. The van der Waals surface area contributed by atoms with Gasteiger partial charge in [-0.2, -0.15) is 0 Å². The molecule has 0 aliphatic carbocycles. The second kappa shape index (κ2) is 7.48. The van der Waals surface area contributed by atoms with E-state index in [4.69, 9.17) is 16.3 Å². The van der Waals surface area contributed by atoms with Crippen molar-refractivity contribution in [1.29, 1.82) is 0 Å². The van der Waals surface area contributed by atoms with Crippen LogP contribution in [-0.2, 0) is 4.74 Å². The van der Waals surface area contributed by atoms with Crippen LogP contribution in [0.25, 0.3) is 10.9 Å². The number of hydrogen-bond donors (Lipinski definition) is 0. The number of halogens is 1. The summed E-state index contributed by atoms with van der Waals surface area (Å²) in [5.41, 5.74) is 0.768. The molecule has 7 heteroatoms. The number of amides is 2. The van der Waals surface area contributed by atoms with E-state index in [1.54, 1.807) is 24.4 Å². The van der Waals surface area contributed by atoms with E-state index in [0.717, 1.165) is 24.6 Å². The van der Waals surface area contributed by atoms with E-state index < -0.39 is 5.60 Å². The molecule has 2 aliphatic rings. The number of benzene rings is 1. The van der Waals surface area contributed by atoms with E-state index >= 15 is 0 Å². The molecule has 0 radical (unpaired) electrons. The Bertz CT molecular complexity index is 942. The first-order valence-electron chi connectivity index (χ1n) is 10.1. The Balaban J connectivity index is 1.54. The maximum atomic E-state index is 13.2. The number of carbonyl (C=O) groups excluding carboxylic acids is 2. The summed E-state index contributed by atoms with van der Waals surface area (Å²) >= 11 is 6.21. The number of nitrogens with zero attached hydrogens (tertiary/aromatic N) is 3. The molecule has 4 rings (SSSR count). The van der Waals surface area contributed by atoms with Crippen molar-refractivity contribution in [3.8, 4) is 0 Å². The van der Waals surface area contributed by atoms with Crippen LogP contribution in [0.15, 0.2) is 30.5 Å². The standard InChI is InChI=1S/C22H26ClN3O3/c1-22(2,3)29-21(28)26-15-5-4-6-16(26)13-25(12-15)20(27)14-7-8-17-18(23)9-10-24-19(17)11-14/h7-11,15-16H,4-6,12-13H2,1-3H3. The molecule has 154 valence electrons. The minimum Gasteiger partial charge on any atom is -0.444 e. The fourth-order valence-electron chi connectivity index (χ4n) is 4.31. The number of likely N-dealkylation sites (tertiary alicyclic amines) is 1. The van der Waals surface area contributed by atoms with Crippen LogP contribution in [0, 0.1) is 0 Å². The highest BCUT2D eigenvalue weighted by molar-refractivity contribution is 6.35. The van der Waals surface area contributed by atoms with E-state index in [9.17, 15) is 9.59 Å². The Labute approximate surface area is 175 Å². The van der Waals surface area contributed by atoms with Crippen molar-refractivity contribution in [3.05, 3.63) is 41.0 Å². The average molecular weight is 416 g/mol. The maximum Gasteiger partial charge on any atom is 0.410 e. The molecular formula is C22H26ClN3O3. The van der Waals surface area contributed by atoms with Crippen molar-refractivity contribution in [2.24, 2.45) is 0 Å². The van der Waals surface area contributed by atoms with Crippen LogP contribution in [0.5, 0.6) is 0 Å². The number of carbonyl (C=O) groups is 2. The van der Waals surface area contributed by atoms with Gasteiger partial charge in [0.2, 0.25) is 0 Å². The molecule has 0 saturated carbocycles. The zero-order valence-corrected chi connectivity index (χ0v) is 17.8. The van der Waals surface area contributed by atoms with Gasteiger partial charge >= 0.3 is 6.09 Å². The lowest BCUT2D eigenvalue weighted by molar-refractivity contribution is -0.0334. The van der Waals surface area contributed by atoms with Gasteiger partial charge in [-0.3, -0.25) is 14.7 Å². The SMILES string of the molecule is CC(C)(C)OC(=O)N1C2CCCC1CN(C(=O)c1ccc3c(Cl)ccnc3c1)C2. The third-order valence-corrected chi connectivity index (χ3v) is 5.88. The molecule has 2 saturated heterocycles. The molecule has 2 amide bonds. The normalized spacial score (nSPS) is 21.9. The van der Waals surface area contributed by atoms with Gasteiger partial charge in [-0.25, -0.2) is 4.79 Å². The second-order valence-electron chi connectivity index (χ2n) is 8.86. The summed E-state index contributed by atoms with van der Waals surface area (Å²) in [6.07, 6.45) is 4.20. The van der Waals surface area contributed by atoms with Crippen molar-refractivity contribution >= 4 is 34.5 Å². The zero-order valence-electron chi connectivity index (χ0n) is 17.0. The van der Waals surface area contributed by atoms with Crippen LogP contribution in [0.2, 0.25) is 5.02 Å². The molecule has 0 N–H and O–H groups in total.